The van der Waals surface area contributed by atoms with Crippen LogP contribution in [0.2, 0.25) is 0 Å². The lowest BCUT2D eigenvalue weighted by molar-refractivity contribution is -0.158. The first-order valence-corrected chi connectivity index (χ1v) is 9.89. The minimum absolute atomic E-state index is 0.286. The lowest BCUT2D eigenvalue weighted by Crippen LogP contribution is -2.43. The van der Waals surface area contributed by atoms with Gasteiger partial charge in [0.15, 0.2) is 0 Å². The number of ether oxygens (including phenoxy) is 1. The molecule has 0 aliphatic heterocycles. The van der Waals surface area contributed by atoms with E-state index in [0.29, 0.717) is 0 Å². The number of carboxylic acids is 1. The zero-order chi connectivity index (χ0) is 20.0. The van der Waals surface area contributed by atoms with Crippen molar-refractivity contribution in [3.63, 3.8) is 0 Å². The minimum Gasteiger partial charge on any atom is -0.480 e. The van der Waals surface area contributed by atoms with Crippen LogP contribution >= 0.6 is 0 Å². The summed E-state index contributed by atoms with van der Waals surface area (Å²) in [5, 5.41) is 11.6. The number of amides is 1. The first-order chi connectivity index (χ1) is 12.2. The number of unbranched alkanes of at least 4 members (excludes halogenated alkanes) is 8. The fourth-order valence-electron chi connectivity index (χ4n) is 2.61. The highest BCUT2D eigenvalue weighted by Crippen LogP contribution is 2.11. The number of nitrogens with one attached hydrogen (secondary N) is 1. The molecule has 0 aromatic carbocycles. The predicted octanol–water partition coefficient (Wildman–Crippen LogP) is 4.21. The van der Waals surface area contributed by atoms with Crippen LogP contribution < -0.4 is 5.32 Å². The molecule has 0 bridgehead atoms. The smallest absolute Gasteiger partial charge is 0.326 e. The second-order valence-electron chi connectivity index (χ2n) is 7.83. The molecule has 0 radical (unpaired) electrons. The highest BCUT2D eigenvalue weighted by atomic mass is 16.6. The quantitative estimate of drug-likeness (QED) is 0.352. The second kappa shape index (κ2) is 13.6. The number of carbonyl (C=O) groups excluding carboxylic acids is 2. The molecule has 1 atom stereocenters. The zero-order valence-electron chi connectivity index (χ0n) is 16.9. The monoisotopic (exact) mass is 371 g/mol. The van der Waals surface area contributed by atoms with Crippen molar-refractivity contribution in [3.05, 3.63) is 0 Å². The van der Waals surface area contributed by atoms with Crippen LogP contribution in [-0.4, -0.2) is 34.6 Å². The van der Waals surface area contributed by atoms with Gasteiger partial charge in [-0.05, 0) is 27.2 Å². The molecule has 1 unspecified atom stereocenters. The van der Waals surface area contributed by atoms with E-state index in [9.17, 15) is 19.5 Å². The number of esters is 1. The van der Waals surface area contributed by atoms with Crippen molar-refractivity contribution in [1.29, 1.82) is 0 Å². The Morgan fingerprint density at radius 2 is 1.42 bits per heavy atom. The molecule has 6 heteroatoms. The van der Waals surface area contributed by atoms with Crippen LogP contribution in [0.15, 0.2) is 0 Å². The van der Waals surface area contributed by atoms with Crippen molar-refractivity contribution in [2.75, 3.05) is 0 Å². The summed E-state index contributed by atoms with van der Waals surface area (Å²) >= 11 is 0. The van der Waals surface area contributed by atoms with Crippen LogP contribution in [0.25, 0.3) is 0 Å². The van der Waals surface area contributed by atoms with Gasteiger partial charge in [-0.25, -0.2) is 4.79 Å². The lowest BCUT2D eigenvalue weighted by atomic mass is 10.1. The maximum atomic E-state index is 11.9. The molecule has 0 fully saturated rings. The third-order valence-corrected chi connectivity index (χ3v) is 3.93. The predicted molar refractivity (Wildman–Crippen MR) is 102 cm³/mol. The maximum absolute atomic E-state index is 11.9. The van der Waals surface area contributed by atoms with Gasteiger partial charge >= 0.3 is 11.9 Å². The molecular weight excluding hydrogens is 334 g/mol. The van der Waals surface area contributed by atoms with E-state index in [0.717, 1.165) is 19.3 Å². The molecule has 26 heavy (non-hydrogen) atoms. The van der Waals surface area contributed by atoms with Crippen LogP contribution in [-0.2, 0) is 19.1 Å². The van der Waals surface area contributed by atoms with Gasteiger partial charge in [-0.2, -0.15) is 0 Å². The van der Waals surface area contributed by atoms with Crippen LogP contribution in [0.5, 0.6) is 0 Å². The van der Waals surface area contributed by atoms with Crippen molar-refractivity contribution in [2.45, 2.75) is 110 Å². The van der Waals surface area contributed by atoms with Crippen molar-refractivity contribution in [1.82, 2.24) is 5.32 Å². The molecule has 152 valence electrons. The third-order valence-electron chi connectivity index (χ3n) is 3.93. The SMILES string of the molecule is CCCCCCCCCCCC(=O)NC(CC(=O)OC(C)(C)C)C(=O)O. The largest absolute Gasteiger partial charge is 0.480 e. The van der Waals surface area contributed by atoms with E-state index in [4.69, 9.17) is 4.74 Å². The van der Waals surface area contributed by atoms with Crippen molar-refractivity contribution >= 4 is 17.8 Å². The van der Waals surface area contributed by atoms with Crippen LogP contribution in [0.4, 0.5) is 0 Å². The molecule has 0 heterocycles. The van der Waals surface area contributed by atoms with Crippen molar-refractivity contribution < 1.29 is 24.2 Å². The number of hydrogen-bond donors (Lipinski definition) is 2. The summed E-state index contributed by atoms with van der Waals surface area (Å²) < 4.78 is 5.11. The minimum atomic E-state index is -1.24. The molecule has 0 aliphatic rings. The molecule has 0 rings (SSSR count). The summed E-state index contributed by atoms with van der Waals surface area (Å²) in [5.74, 6) is -2.19. The third kappa shape index (κ3) is 14.7. The van der Waals surface area contributed by atoms with Gasteiger partial charge in [0.05, 0.1) is 6.42 Å². The van der Waals surface area contributed by atoms with Crippen LogP contribution in [0.3, 0.4) is 0 Å². The number of hydrogen-bond acceptors (Lipinski definition) is 4. The Morgan fingerprint density at radius 1 is 0.923 bits per heavy atom. The van der Waals surface area contributed by atoms with Crippen LogP contribution in [0.1, 0.15) is 98.3 Å². The molecule has 0 saturated heterocycles. The highest BCUT2D eigenvalue weighted by Gasteiger charge is 2.26. The van der Waals surface area contributed by atoms with E-state index < -0.39 is 23.6 Å². The van der Waals surface area contributed by atoms with Gasteiger partial charge in [0, 0.05) is 6.42 Å². The number of carboxylic acid groups (broad SMARTS) is 1. The Balaban J connectivity index is 3.95. The van der Waals surface area contributed by atoms with E-state index in [1.54, 1.807) is 20.8 Å². The van der Waals surface area contributed by atoms with Gasteiger partial charge in [0.25, 0.3) is 0 Å². The van der Waals surface area contributed by atoms with Gasteiger partial charge in [0.1, 0.15) is 11.6 Å². The summed E-state index contributed by atoms with van der Waals surface area (Å²) in [5.41, 5.74) is -0.680. The number of carbonyl (C=O) groups is 3. The fraction of sp³-hybridized carbons (Fsp3) is 0.850. The average Bonchev–Trinajstić information content (AvgIpc) is 2.50. The highest BCUT2D eigenvalue weighted by molar-refractivity contribution is 5.87. The van der Waals surface area contributed by atoms with Gasteiger partial charge in [-0.3, -0.25) is 9.59 Å². The Kier molecular flexibility index (Phi) is 12.8. The molecule has 6 nitrogen and oxygen atoms in total. The summed E-state index contributed by atoms with van der Waals surface area (Å²) in [6.07, 6.45) is 10.3. The summed E-state index contributed by atoms with van der Waals surface area (Å²) in [7, 11) is 0. The standard InChI is InChI=1S/C20H37NO5/c1-5-6-7-8-9-10-11-12-13-14-17(22)21-16(19(24)25)15-18(23)26-20(2,3)4/h16H,5-15H2,1-4H3,(H,21,22)(H,24,25). The van der Waals surface area contributed by atoms with Crippen molar-refractivity contribution in [2.24, 2.45) is 0 Å². The van der Waals surface area contributed by atoms with E-state index in [-0.39, 0.29) is 18.7 Å². The number of rotatable bonds is 14. The van der Waals surface area contributed by atoms with Gasteiger partial charge in [-0.15, -0.1) is 0 Å². The fourth-order valence-corrected chi connectivity index (χ4v) is 2.61. The van der Waals surface area contributed by atoms with Gasteiger partial charge in [-0.1, -0.05) is 58.3 Å². The summed E-state index contributed by atoms with van der Waals surface area (Å²) in [4.78, 5) is 34.9. The average molecular weight is 372 g/mol. The Labute approximate surface area is 158 Å². The topological polar surface area (TPSA) is 92.7 Å². The van der Waals surface area contributed by atoms with Gasteiger partial charge in [0.2, 0.25) is 5.91 Å². The van der Waals surface area contributed by atoms with Crippen LogP contribution in [0, 0.1) is 0 Å². The maximum Gasteiger partial charge on any atom is 0.326 e. The first kappa shape index (κ1) is 24.4. The molecule has 1 amide bonds. The molecular formula is C20H37NO5. The first-order valence-electron chi connectivity index (χ1n) is 9.89. The molecule has 0 aromatic heterocycles. The Morgan fingerprint density at radius 3 is 1.88 bits per heavy atom. The molecule has 0 aromatic rings. The van der Waals surface area contributed by atoms with E-state index in [2.05, 4.69) is 12.2 Å². The Hall–Kier alpha value is -1.59. The lowest BCUT2D eigenvalue weighted by Gasteiger charge is -2.21. The molecule has 0 saturated carbocycles. The Bertz CT molecular complexity index is 428. The normalized spacial score (nSPS) is 12.5. The molecule has 0 spiro atoms. The van der Waals surface area contributed by atoms with E-state index in [1.165, 1.54) is 38.5 Å². The molecule has 0 aliphatic carbocycles. The van der Waals surface area contributed by atoms with Crippen molar-refractivity contribution in [3.8, 4) is 0 Å². The summed E-state index contributed by atoms with van der Waals surface area (Å²) in [6, 6.07) is -1.24. The second-order valence-corrected chi connectivity index (χ2v) is 7.83. The number of aliphatic carboxylic acids is 1. The zero-order valence-corrected chi connectivity index (χ0v) is 16.9. The summed E-state index contributed by atoms with van der Waals surface area (Å²) in [6.45, 7) is 7.34. The van der Waals surface area contributed by atoms with E-state index >= 15 is 0 Å². The van der Waals surface area contributed by atoms with Gasteiger partial charge < -0.3 is 15.2 Å². The molecule has 2 N–H and O–H groups in total. The van der Waals surface area contributed by atoms with E-state index in [1.807, 2.05) is 0 Å².